The minimum absolute atomic E-state index is 0.0481. The molecule has 1 heterocycles. The normalized spacial score (nSPS) is 12.9. The third-order valence-corrected chi connectivity index (χ3v) is 2.39. The fourth-order valence-electron chi connectivity index (χ4n) is 1.46. The number of hydrogen-bond acceptors (Lipinski definition) is 4. The van der Waals surface area contributed by atoms with Crippen molar-refractivity contribution in [3.05, 3.63) is 11.9 Å². The number of aliphatic hydroxyl groups excluding tert-OH is 1. The van der Waals surface area contributed by atoms with Gasteiger partial charge in [-0.05, 0) is 20.3 Å². The molecule has 1 aromatic rings. The third-order valence-electron chi connectivity index (χ3n) is 2.39. The van der Waals surface area contributed by atoms with Gasteiger partial charge >= 0.3 is 0 Å². The highest BCUT2D eigenvalue weighted by Crippen LogP contribution is 2.22. The van der Waals surface area contributed by atoms with Gasteiger partial charge in [-0.15, -0.1) is 0 Å². The number of carbonyl (C=O) groups is 1. The number of ketones is 1. The molecule has 0 spiro atoms. The number of Topliss-reactive ketones (excluding diaryl/α,β-unsaturated/α-hetero) is 1. The van der Waals surface area contributed by atoms with E-state index < -0.39 is 6.10 Å². The Morgan fingerprint density at radius 2 is 2.25 bits per heavy atom. The molecule has 0 radical (unpaired) electrons. The molecule has 1 N–H and O–H groups in total. The number of ether oxygens (including phenoxy) is 1. The van der Waals surface area contributed by atoms with Crippen LogP contribution in [0, 0.1) is 0 Å². The van der Waals surface area contributed by atoms with Crippen LogP contribution < -0.4 is 4.74 Å². The molecule has 5 nitrogen and oxygen atoms in total. The van der Waals surface area contributed by atoms with Gasteiger partial charge in [0.2, 0.25) is 5.78 Å². The number of aromatic nitrogens is 2. The van der Waals surface area contributed by atoms with E-state index in [1.807, 2.05) is 13.8 Å². The van der Waals surface area contributed by atoms with E-state index in [-0.39, 0.29) is 11.8 Å². The third kappa shape index (κ3) is 2.24. The average Bonchev–Trinajstić information content (AvgIpc) is 2.70. The lowest BCUT2D eigenvalue weighted by atomic mass is 10.1. The van der Waals surface area contributed by atoms with Gasteiger partial charge in [0.05, 0.1) is 13.3 Å². The summed E-state index contributed by atoms with van der Waals surface area (Å²) in [6.07, 6.45) is 0.879. The van der Waals surface area contributed by atoms with Crippen LogP contribution in [0.1, 0.15) is 43.7 Å². The number of nitrogens with zero attached hydrogens (tertiary/aromatic N) is 2. The molecule has 0 bridgehead atoms. The second-order valence-electron chi connectivity index (χ2n) is 3.89. The van der Waals surface area contributed by atoms with Crippen LogP contribution >= 0.6 is 0 Å². The van der Waals surface area contributed by atoms with Gasteiger partial charge in [0.25, 0.3) is 0 Å². The molecule has 0 aliphatic carbocycles. The summed E-state index contributed by atoms with van der Waals surface area (Å²) in [6.45, 7) is 5.59. The molecule has 0 aliphatic rings. The van der Waals surface area contributed by atoms with Gasteiger partial charge in [-0.2, -0.15) is 5.10 Å². The molecule has 5 heteroatoms. The monoisotopic (exact) mass is 226 g/mol. The number of methoxy groups -OCH3 is 1. The van der Waals surface area contributed by atoms with E-state index in [0.29, 0.717) is 17.9 Å². The maximum absolute atomic E-state index is 12.0. The van der Waals surface area contributed by atoms with Crippen molar-refractivity contribution < 1.29 is 14.6 Å². The number of aliphatic hydroxyl groups is 1. The fourth-order valence-corrected chi connectivity index (χ4v) is 1.46. The Balaban J connectivity index is 3.17. The highest BCUT2D eigenvalue weighted by Gasteiger charge is 2.25. The van der Waals surface area contributed by atoms with E-state index in [0.717, 1.165) is 0 Å². The van der Waals surface area contributed by atoms with Crippen molar-refractivity contribution in [3.63, 3.8) is 0 Å². The van der Waals surface area contributed by atoms with E-state index >= 15 is 0 Å². The van der Waals surface area contributed by atoms with E-state index in [4.69, 9.17) is 4.74 Å². The van der Waals surface area contributed by atoms with Crippen molar-refractivity contribution >= 4 is 5.78 Å². The van der Waals surface area contributed by atoms with Crippen molar-refractivity contribution in [3.8, 4) is 5.75 Å². The Labute approximate surface area is 95.0 Å². The molecule has 16 heavy (non-hydrogen) atoms. The van der Waals surface area contributed by atoms with Crippen molar-refractivity contribution in [2.24, 2.45) is 0 Å². The minimum Gasteiger partial charge on any atom is -0.493 e. The highest BCUT2D eigenvalue weighted by atomic mass is 16.5. The lowest BCUT2D eigenvalue weighted by Crippen LogP contribution is -2.24. The molecule has 1 aromatic heterocycles. The standard InChI is InChI=1S/C11H18N2O3/c1-5-8(14)11(15)10-9(16-4)6-12-13(10)7(2)3/h6-8,14H,5H2,1-4H3. The Morgan fingerprint density at radius 1 is 1.62 bits per heavy atom. The predicted octanol–water partition coefficient (Wildman–Crippen LogP) is 1.43. The van der Waals surface area contributed by atoms with Crippen molar-refractivity contribution in [2.75, 3.05) is 7.11 Å². The van der Waals surface area contributed by atoms with Gasteiger partial charge in [-0.25, -0.2) is 0 Å². The smallest absolute Gasteiger partial charge is 0.213 e. The Morgan fingerprint density at radius 3 is 2.69 bits per heavy atom. The first-order valence-electron chi connectivity index (χ1n) is 5.36. The maximum atomic E-state index is 12.0. The number of carbonyl (C=O) groups excluding carboxylic acids is 1. The number of rotatable bonds is 5. The van der Waals surface area contributed by atoms with Gasteiger partial charge in [-0.1, -0.05) is 6.92 Å². The van der Waals surface area contributed by atoms with Gasteiger partial charge in [0.1, 0.15) is 11.8 Å². The Hall–Kier alpha value is -1.36. The lowest BCUT2D eigenvalue weighted by molar-refractivity contribution is 0.0723. The van der Waals surface area contributed by atoms with E-state index in [9.17, 15) is 9.90 Å². The van der Waals surface area contributed by atoms with Crippen LogP contribution in [0.2, 0.25) is 0 Å². The Kier molecular flexibility index (Phi) is 4.06. The van der Waals surface area contributed by atoms with Crippen molar-refractivity contribution in [1.82, 2.24) is 9.78 Å². The fraction of sp³-hybridized carbons (Fsp3) is 0.636. The zero-order valence-electron chi connectivity index (χ0n) is 10.1. The van der Waals surface area contributed by atoms with Gasteiger partial charge < -0.3 is 9.84 Å². The second-order valence-corrected chi connectivity index (χ2v) is 3.89. The molecule has 0 amide bonds. The number of hydrogen-bond donors (Lipinski definition) is 1. The summed E-state index contributed by atoms with van der Waals surface area (Å²) in [7, 11) is 1.48. The lowest BCUT2D eigenvalue weighted by Gasteiger charge is -2.13. The summed E-state index contributed by atoms with van der Waals surface area (Å²) in [5.74, 6) is 0.0664. The zero-order chi connectivity index (χ0) is 12.3. The quantitative estimate of drug-likeness (QED) is 0.771. The topological polar surface area (TPSA) is 64.3 Å². The van der Waals surface area contributed by atoms with Crippen molar-refractivity contribution in [1.29, 1.82) is 0 Å². The first-order chi connectivity index (χ1) is 7.52. The van der Waals surface area contributed by atoms with Crippen LogP contribution in [0.15, 0.2) is 6.20 Å². The predicted molar refractivity (Wildman–Crippen MR) is 59.8 cm³/mol. The van der Waals surface area contributed by atoms with Crippen LogP contribution in [-0.2, 0) is 0 Å². The molecule has 1 unspecified atom stereocenters. The highest BCUT2D eigenvalue weighted by molar-refractivity contribution is 6.00. The SMILES string of the molecule is CCC(O)C(=O)c1c(OC)cnn1C(C)C. The summed E-state index contributed by atoms with van der Waals surface area (Å²) < 4.78 is 6.65. The van der Waals surface area contributed by atoms with E-state index in [1.165, 1.54) is 13.3 Å². The van der Waals surface area contributed by atoms with Crippen LogP contribution in [0.4, 0.5) is 0 Å². The minimum atomic E-state index is -0.997. The van der Waals surface area contributed by atoms with E-state index in [1.54, 1.807) is 11.6 Å². The molecular weight excluding hydrogens is 208 g/mol. The van der Waals surface area contributed by atoms with Gasteiger partial charge in [0, 0.05) is 6.04 Å². The van der Waals surface area contributed by atoms with Crippen molar-refractivity contribution in [2.45, 2.75) is 39.3 Å². The van der Waals surface area contributed by atoms with Crippen LogP contribution in [0.25, 0.3) is 0 Å². The largest absolute Gasteiger partial charge is 0.493 e. The van der Waals surface area contributed by atoms with Crippen LogP contribution in [0.5, 0.6) is 5.75 Å². The molecule has 1 rings (SSSR count). The molecule has 0 aliphatic heterocycles. The van der Waals surface area contributed by atoms with Crippen LogP contribution in [0.3, 0.4) is 0 Å². The van der Waals surface area contributed by atoms with Gasteiger partial charge in [-0.3, -0.25) is 9.48 Å². The molecule has 90 valence electrons. The van der Waals surface area contributed by atoms with Gasteiger partial charge in [0.15, 0.2) is 5.75 Å². The average molecular weight is 226 g/mol. The molecular formula is C11H18N2O3. The molecule has 0 saturated heterocycles. The summed E-state index contributed by atoms with van der Waals surface area (Å²) in [5.41, 5.74) is 0.340. The summed E-state index contributed by atoms with van der Waals surface area (Å²) in [4.78, 5) is 12.0. The first-order valence-corrected chi connectivity index (χ1v) is 5.36. The molecule has 1 atom stereocenters. The van der Waals surface area contributed by atoms with Crippen LogP contribution in [-0.4, -0.2) is 33.9 Å². The second kappa shape index (κ2) is 5.12. The zero-order valence-corrected chi connectivity index (χ0v) is 10.1. The summed E-state index contributed by atoms with van der Waals surface area (Å²) >= 11 is 0. The molecule has 0 saturated carbocycles. The Bertz CT molecular complexity index is 371. The van der Waals surface area contributed by atoms with E-state index in [2.05, 4.69) is 5.10 Å². The summed E-state index contributed by atoms with van der Waals surface area (Å²) in [5, 5.41) is 13.7. The maximum Gasteiger partial charge on any atom is 0.213 e. The summed E-state index contributed by atoms with van der Waals surface area (Å²) in [6, 6.07) is 0.0481. The molecule has 0 aromatic carbocycles. The first kappa shape index (κ1) is 12.7. The molecule has 0 fully saturated rings.